The van der Waals surface area contributed by atoms with Crippen molar-refractivity contribution in [2.75, 3.05) is 59.8 Å². The lowest BCUT2D eigenvalue weighted by Gasteiger charge is -2.37. The predicted molar refractivity (Wildman–Crippen MR) is 171 cm³/mol. The number of carbonyl (C=O) groups is 2. The first kappa shape index (κ1) is 30.0. The fourth-order valence-electron chi connectivity index (χ4n) is 5.67. The minimum Gasteiger partial charge on any atom is -0.458 e. The monoisotopic (exact) mass is 583 g/mol. The highest BCUT2D eigenvalue weighted by atomic mass is 16.5. The zero-order valence-electron chi connectivity index (χ0n) is 25.6. The molecular weight excluding hydrogens is 542 g/mol. The maximum absolute atomic E-state index is 13.9. The second-order valence-corrected chi connectivity index (χ2v) is 11.2. The minimum absolute atomic E-state index is 0.0779. The second kappa shape index (κ2) is 13.2. The molecule has 3 heterocycles. The number of benzene rings is 2. The lowest BCUT2D eigenvalue weighted by Crippen LogP contribution is -2.48. The summed E-state index contributed by atoms with van der Waals surface area (Å²) in [6.07, 6.45) is 4.80. The quantitative estimate of drug-likeness (QED) is 0.245. The van der Waals surface area contributed by atoms with Gasteiger partial charge in [0, 0.05) is 67.5 Å². The van der Waals surface area contributed by atoms with E-state index >= 15 is 0 Å². The number of ether oxygens (including phenoxy) is 1. The highest BCUT2D eigenvalue weighted by molar-refractivity contribution is 6.06. The molecule has 3 aromatic rings. The summed E-state index contributed by atoms with van der Waals surface area (Å²) in [6.45, 7) is 14.5. The van der Waals surface area contributed by atoms with Crippen molar-refractivity contribution in [3.8, 4) is 0 Å². The van der Waals surface area contributed by atoms with E-state index in [9.17, 15) is 9.59 Å². The summed E-state index contributed by atoms with van der Waals surface area (Å²) in [5.74, 6) is 0.565. The summed E-state index contributed by atoms with van der Waals surface area (Å²) in [6, 6.07) is 12.0. The number of nitrogens with zero attached hydrogens (tertiary/aromatic N) is 6. The van der Waals surface area contributed by atoms with E-state index in [1.165, 1.54) is 6.08 Å². The van der Waals surface area contributed by atoms with Gasteiger partial charge in [-0.2, -0.15) is 4.98 Å². The van der Waals surface area contributed by atoms with E-state index < -0.39 is 5.97 Å². The van der Waals surface area contributed by atoms with Crippen molar-refractivity contribution >= 4 is 40.8 Å². The lowest BCUT2D eigenvalue weighted by atomic mass is 10.1. The number of amides is 2. The lowest BCUT2D eigenvalue weighted by molar-refractivity contribution is -0.138. The van der Waals surface area contributed by atoms with Crippen molar-refractivity contribution in [3.63, 3.8) is 0 Å². The van der Waals surface area contributed by atoms with E-state index in [1.807, 2.05) is 61.3 Å². The number of unbranched alkanes of at least 4 members (excludes halogenated alkanes) is 1. The molecule has 0 aliphatic carbocycles. The van der Waals surface area contributed by atoms with Gasteiger partial charge in [0.2, 0.25) is 5.95 Å². The van der Waals surface area contributed by atoms with Crippen molar-refractivity contribution in [1.82, 2.24) is 14.9 Å². The van der Waals surface area contributed by atoms with Crippen LogP contribution in [0.4, 0.5) is 33.6 Å². The van der Waals surface area contributed by atoms with Crippen LogP contribution in [0.2, 0.25) is 0 Å². The average Bonchev–Trinajstić information content (AvgIpc) is 3.00. The summed E-state index contributed by atoms with van der Waals surface area (Å²) in [5.41, 5.74) is 6.62. The van der Waals surface area contributed by atoms with Gasteiger partial charge < -0.3 is 19.9 Å². The van der Waals surface area contributed by atoms with Crippen molar-refractivity contribution in [3.05, 3.63) is 77.5 Å². The summed E-state index contributed by atoms with van der Waals surface area (Å²) in [4.78, 5) is 43.5. The Hall–Kier alpha value is -4.44. The van der Waals surface area contributed by atoms with Gasteiger partial charge >= 0.3 is 12.0 Å². The van der Waals surface area contributed by atoms with Gasteiger partial charge in [-0.05, 0) is 56.6 Å². The number of hydrogen-bond acceptors (Lipinski definition) is 8. The molecule has 5 rings (SSSR count). The van der Waals surface area contributed by atoms with Crippen molar-refractivity contribution < 1.29 is 14.3 Å². The number of aryl methyl sites for hydroxylation is 2. The first-order chi connectivity index (χ1) is 20.8. The van der Waals surface area contributed by atoms with Crippen LogP contribution in [-0.4, -0.2) is 66.6 Å². The molecule has 0 bridgehead atoms. The van der Waals surface area contributed by atoms with Crippen molar-refractivity contribution in [2.24, 2.45) is 0 Å². The number of anilines is 5. The Morgan fingerprint density at radius 1 is 1.12 bits per heavy atom. The zero-order chi connectivity index (χ0) is 30.5. The molecule has 1 N–H and O–H groups in total. The zero-order valence-corrected chi connectivity index (χ0v) is 25.6. The maximum Gasteiger partial charge on any atom is 0.330 e. The van der Waals surface area contributed by atoms with Crippen LogP contribution in [0, 0.1) is 13.8 Å². The van der Waals surface area contributed by atoms with E-state index in [1.54, 1.807) is 4.90 Å². The molecule has 2 amide bonds. The third-order valence-corrected chi connectivity index (χ3v) is 8.05. The molecule has 0 saturated carbocycles. The Labute approximate surface area is 254 Å². The molecule has 1 saturated heterocycles. The number of para-hydroxylation sites is 1. The van der Waals surface area contributed by atoms with E-state index in [0.717, 1.165) is 78.3 Å². The fraction of sp³-hybridized carbons (Fsp3) is 0.394. The normalized spacial score (nSPS) is 15.3. The van der Waals surface area contributed by atoms with Gasteiger partial charge in [-0.25, -0.2) is 14.6 Å². The van der Waals surface area contributed by atoms with Crippen LogP contribution < -0.4 is 20.0 Å². The molecule has 1 aromatic heterocycles. The average molecular weight is 584 g/mol. The van der Waals surface area contributed by atoms with Gasteiger partial charge in [-0.1, -0.05) is 38.1 Å². The van der Waals surface area contributed by atoms with E-state index in [0.29, 0.717) is 24.9 Å². The SMILES string of the molecule is C=CC(=O)OCc1cc(Nc2ncc3c(n2)N(CCCC)C(=O)N(c2c(C)cccc2C)C3)ccc1N1CCN(C)CC1. The number of hydrogen-bond donors (Lipinski definition) is 1. The smallest absolute Gasteiger partial charge is 0.330 e. The molecule has 43 heavy (non-hydrogen) atoms. The third-order valence-electron chi connectivity index (χ3n) is 8.05. The van der Waals surface area contributed by atoms with Gasteiger partial charge in [0.15, 0.2) is 0 Å². The molecule has 0 atom stereocenters. The third kappa shape index (κ3) is 6.64. The Balaban J connectivity index is 1.44. The predicted octanol–water partition coefficient (Wildman–Crippen LogP) is 5.56. The number of nitrogens with one attached hydrogen (secondary N) is 1. The standard InChI is InChI=1S/C33H41N7O3/c1-6-8-14-39-31-26(21-40(33(39)42)30-23(3)10-9-11-24(30)4)20-34-32(36-31)35-27-12-13-28(38-17-15-37(5)16-18-38)25(19-27)22-43-29(41)7-2/h7,9-13,19-20H,2,6,8,14-18,21-22H2,1,3-5H3,(H,34,35,36). The molecule has 10 heteroatoms. The topological polar surface area (TPSA) is 94.1 Å². The molecule has 0 radical (unpaired) electrons. The maximum atomic E-state index is 13.9. The molecule has 226 valence electrons. The molecule has 1 fully saturated rings. The van der Waals surface area contributed by atoms with Crippen LogP contribution in [-0.2, 0) is 22.7 Å². The summed E-state index contributed by atoms with van der Waals surface area (Å²) in [7, 11) is 2.12. The molecule has 0 unspecified atom stereocenters. The van der Waals surface area contributed by atoms with Crippen molar-refractivity contribution in [1.29, 1.82) is 0 Å². The summed E-state index contributed by atoms with van der Waals surface area (Å²) < 4.78 is 5.43. The Kier molecular flexibility index (Phi) is 9.25. The largest absolute Gasteiger partial charge is 0.458 e. The molecule has 2 aliphatic rings. The van der Waals surface area contributed by atoms with Crippen molar-refractivity contribution in [2.45, 2.75) is 46.8 Å². The van der Waals surface area contributed by atoms with Crippen LogP contribution >= 0.6 is 0 Å². The number of esters is 1. The van der Waals surface area contributed by atoms with Crippen LogP contribution in [0.5, 0.6) is 0 Å². The number of likely N-dealkylation sites (N-methyl/N-ethyl adjacent to an activating group) is 1. The van der Waals surface area contributed by atoms with E-state index in [4.69, 9.17) is 9.72 Å². The first-order valence-electron chi connectivity index (χ1n) is 14.9. The number of urea groups is 1. The van der Waals surface area contributed by atoms with Crippen LogP contribution in [0.1, 0.15) is 42.0 Å². The van der Waals surface area contributed by atoms with Crippen LogP contribution in [0.25, 0.3) is 0 Å². The van der Waals surface area contributed by atoms with Crippen LogP contribution in [0.3, 0.4) is 0 Å². The summed E-state index contributed by atoms with van der Waals surface area (Å²) in [5, 5.41) is 3.32. The minimum atomic E-state index is -0.465. The molecular formula is C33H41N7O3. The molecule has 10 nitrogen and oxygen atoms in total. The van der Waals surface area contributed by atoms with Gasteiger partial charge in [0.25, 0.3) is 0 Å². The number of piperazine rings is 1. The van der Waals surface area contributed by atoms with Gasteiger partial charge in [-0.15, -0.1) is 0 Å². The van der Waals surface area contributed by atoms with E-state index in [-0.39, 0.29) is 12.6 Å². The van der Waals surface area contributed by atoms with E-state index in [2.05, 4.69) is 40.7 Å². The second-order valence-electron chi connectivity index (χ2n) is 11.2. The Morgan fingerprint density at radius 3 is 2.56 bits per heavy atom. The first-order valence-corrected chi connectivity index (χ1v) is 14.9. The Morgan fingerprint density at radius 2 is 1.86 bits per heavy atom. The molecule has 0 spiro atoms. The van der Waals surface area contributed by atoms with Crippen LogP contribution in [0.15, 0.2) is 55.3 Å². The van der Waals surface area contributed by atoms with Gasteiger partial charge in [-0.3, -0.25) is 9.80 Å². The Bertz CT molecular complexity index is 1480. The molecule has 2 aliphatic heterocycles. The number of rotatable bonds is 10. The van der Waals surface area contributed by atoms with Gasteiger partial charge in [0.05, 0.1) is 12.2 Å². The summed E-state index contributed by atoms with van der Waals surface area (Å²) >= 11 is 0. The molecule has 2 aromatic carbocycles. The number of fused-ring (bicyclic) bond motifs is 1. The fourth-order valence-corrected chi connectivity index (χ4v) is 5.67. The number of carbonyl (C=O) groups excluding carboxylic acids is 2. The highest BCUT2D eigenvalue weighted by Crippen LogP contribution is 2.35. The number of aromatic nitrogens is 2. The highest BCUT2D eigenvalue weighted by Gasteiger charge is 2.34. The van der Waals surface area contributed by atoms with Gasteiger partial charge in [0.1, 0.15) is 12.4 Å².